The quantitative estimate of drug-likeness (QED) is 0.108. The Hall–Kier alpha value is -5.37. The molecular weight excluding hydrogens is 564 g/mol. The fraction of sp³-hybridized carbons (Fsp3) is 0.132. The van der Waals surface area contributed by atoms with Gasteiger partial charge < -0.3 is 19.7 Å². The number of benzene rings is 5. The van der Waals surface area contributed by atoms with Crippen LogP contribution in [0.25, 0.3) is 33.4 Å². The van der Waals surface area contributed by atoms with E-state index in [4.69, 9.17) is 4.42 Å². The number of aromatic carboxylic acids is 1. The third-order valence-electron chi connectivity index (χ3n) is 7.84. The monoisotopic (exact) mass is 598 g/mol. The van der Waals surface area contributed by atoms with Crippen molar-refractivity contribution in [2.45, 2.75) is 6.54 Å². The van der Waals surface area contributed by atoms with Gasteiger partial charge in [-0.1, -0.05) is 66.7 Å². The molecule has 0 radical (unpaired) electrons. The lowest BCUT2D eigenvalue weighted by Gasteiger charge is -2.17. The third kappa shape index (κ3) is 6.45. The summed E-state index contributed by atoms with van der Waals surface area (Å²) in [5.74, 6) is -0.423. The molecule has 0 unspecified atom stereocenters. The molecule has 7 heteroatoms. The van der Waals surface area contributed by atoms with Gasteiger partial charge in [-0.15, -0.1) is 0 Å². The Morgan fingerprint density at radius 3 is 2.18 bits per heavy atom. The molecule has 3 N–H and O–H groups in total. The minimum atomic E-state index is -1.01. The highest BCUT2D eigenvalue weighted by molar-refractivity contribution is 6.07. The molecule has 0 fully saturated rings. The van der Waals surface area contributed by atoms with Gasteiger partial charge in [0, 0.05) is 39.8 Å². The lowest BCUT2D eigenvalue weighted by molar-refractivity contribution is -0.438. The van der Waals surface area contributed by atoms with Crippen LogP contribution in [0.15, 0.2) is 126 Å². The normalized spacial score (nSPS) is 12.4. The van der Waals surface area contributed by atoms with E-state index < -0.39 is 5.97 Å². The maximum absolute atomic E-state index is 12.4. The molecule has 0 bridgehead atoms. The van der Waals surface area contributed by atoms with E-state index >= 15 is 0 Å². The van der Waals surface area contributed by atoms with Crippen molar-refractivity contribution in [3.8, 4) is 22.5 Å². The maximum atomic E-state index is 12.4. The second kappa shape index (κ2) is 13.5. The number of aliphatic hydroxyl groups is 2. The van der Waals surface area contributed by atoms with E-state index in [0.717, 1.165) is 38.7 Å². The van der Waals surface area contributed by atoms with Crippen LogP contribution in [0.2, 0.25) is 0 Å². The van der Waals surface area contributed by atoms with Gasteiger partial charge in [-0.3, -0.25) is 0 Å². The van der Waals surface area contributed by atoms with E-state index in [1.807, 2.05) is 108 Å². The van der Waals surface area contributed by atoms with Crippen LogP contribution >= 0.6 is 0 Å². The average Bonchev–Trinajstić information content (AvgIpc) is 3.07. The summed E-state index contributed by atoms with van der Waals surface area (Å²) in [7, 11) is 0. The van der Waals surface area contributed by atoms with Crippen molar-refractivity contribution in [3.05, 3.63) is 143 Å². The highest BCUT2D eigenvalue weighted by atomic mass is 16.4. The Bertz CT molecular complexity index is 2030. The van der Waals surface area contributed by atoms with Gasteiger partial charge in [-0.2, -0.15) is 4.58 Å². The number of nitrogens with zero attached hydrogens (tertiary/aromatic N) is 2. The first-order valence-corrected chi connectivity index (χ1v) is 14.9. The van der Waals surface area contributed by atoms with E-state index in [9.17, 15) is 20.1 Å². The Labute approximate surface area is 260 Å². The topological polar surface area (TPSA) is 96.9 Å². The van der Waals surface area contributed by atoms with Gasteiger partial charge in [0.25, 0.3) is 0 Å². The molecule has 2 aliphatic rings. The van der Waals surface area contributed by atoms with Crippen molar-refractivity contribution in [2.24, 2.45) is 0 Å². The maximum Gasteiger partial charge on any atom is 0.336 e. The van der Waals surface area contributed by atoms with Crippen molar-refractivity contribution in [2.75, 3.05) is 26.3 Å². The number of aliphatic hydroxyl groups excluding tert-OH is 2. The minimum Gasteiger partial charge on any atom is -0.478 e. The van der Waals surface area contributed by atoms with Crippen molar-refractivity contribution in [1.82, 2.24) is 4.58 Å². The zero-order chi connectivity index (χ0) is 31.2. The number of carboxylic acids is 1. The molecule has 4 aromatic carbocycles. The summed E-state index contributed by atoms with van der Waals surface area (Å²) in [5, 5.41) is 31.5. The van der Waals surface area contributed by atoms with Gasteiger partial charge >= 0.3 is 5.97 Å². The zero-order valence-corrected chi connectivity index (χ0v) is 24.7. The molecule has 6 rings (SSSR count). The first-order valence-electron chi connectivity index (χ1n) is 14.9. The molecule has 4 aromatic rings. The summed E-state index contributed by atoms with van der Waals surface area (Å²) < 4.78 is 10.7. The van der Waals surface area contributed by atoms with E-state index in [0.29, 0.717) is 36.5 Å². The van der Waals surface area contributed by atoms with Crippen LogP contribution in [0.3, 0.4) is 0 Å². The molecule has 0 saturated heterocycles. The molecule has 1 aliphatic heterocycles. The van der Waals surface area contributed by atoms with Gasteiger partial charge in [0.2, 0.25) is 11.0 Å². The number of hydrogen-bond donors (Lipinski definition) is 3. The van der Waals surface area contributed by atoms with Crippen LogP contribution in [-0.4, -0.2) is 58.4 Å². The van der Waals surface area contributed by atoms with Crippen LogP contribution in [0.4, 0.5) is 5.69 Å². The molecule has 224 valence electrons. The average molecular weight is 599 g/mol. The zero-order valence-electron chi connectivity index (χ0n) is 24.7. The molecule has 0 aromatic heterocycles. The fourth-order valence-electron chi connectivity index (χ4n) is 5.74. The van der Waals surface area contributed by atoms with Crippen molar-refractivity contribution in [1.29, 1.82) is 0 Å². The summed E-state index contributed by atoms with van der Waals surface area (Å²) >= 11 is 0. The van der Waals surface area contributed by atoms with Gasteiger partial charge in [-0.25, -0.2) is 9.37 Å². The summed E-state index contributed by atoms with van der Waals surface area (Å²) in [4.78, 5) is 12.4. The largest absolute Gasteiger partial charge is 0.478 e. The molecule has 0 spiro atoms. The molecule has 1 heterocycles. The van der Waals surface area contributed by atoms with Crippen LogP contribution in [-0.2, 0) is 6.54 Å². The van der Waals surface area contributed by atoms with E-state index in [1.165, 1.54) is 0 Å². The summed E-state index contributed by atoms with van der Waals surface area (Å²) in [6.45, 7) is 1.35. The molecule has 0 saturated carbocycles. The Balaban J connectivity index is 1.62. The standard InChI is InChI=1S/C38H33N2O5/c41-21-19-39(25-27-9-3-1-4-10-27)29-15-17-33-35(23-29)45-36-24-30(40(20-22-42)26-28-11-5-2-6-12-28)16-18-34(36)37(33)31-13-7-8-14-32(31)38(43)44/h1-18,23-25,41-42H,19-22,26H2/q+1/p+1. The summed E-state index contributed by atoms with van der Waals surface area (Å²) in [6.07, 6.45) is 1.98. The highest BCUT2D eigenvalue weighted by Crippen LogP contribution is 2.42. The van der Waals surface area contributed by atoms with Crippen LogP contribution in [0, 0.1) is 0 Å². The van der Waals surface area contributed by atoms with Crippen LogP contribution in [0.5, 0.6) is 0 Å². The second-order valence-electron chi connectivity index (χ2n) is 10.8. The lowest BCUT2D eigenvalue weighted by Crippen LogP contribution is -2.32. The predicted molar refractivity (Wildman–Crippen MR) is 176 cm³/mol. The van der Waals surface area contributed by atoms with Gasteiger partial charge in [-0.05, 0) is 35.9 Å². The molecule has 0 atom stereocenters. The third-order valence-corrected chi connectivity index (χ3v) is 7.84. The smallest absolute Gasteiger partial charge is 0.336 e. The van der Waals surface area contributed by atoms with E-state index in [1.54, 1.807) is 12.1 Å². The van der Waals surface area contributed by atoms with Gasteiger partial charge in [0.1, 0.15) is 24.6 Å². The Kier molecular flexibility index (Phi) is 8.91. The van der Waals surface area contributed by atoms with Gasteiger partial charge in [0.15, 0.2) is 25.8 Å². The number of hydrogen-bond acceptors (Lipinski definition) is 4. The fourth-order valence-corrected chi connectivity index (χ4v) is 5.74. The minimum absolute atomic E-state index is 0.0149. The molecule has 1 aliphatic carbocycles. The first-order chi connectivity index (χ1) is 22.1. The van der Waals surface area contributed by atoms with Gasteiger partial charge in [0.05, 0.1) is 17.7 Å². The Morgan fingerprint density at radius 2 is 1.44 bits per heavy atom. The van der Waals surface area contributed by atoms with Crippen molar-refractivity contribution >= 4 is 28.8 Å². The summed E-state index contributed by atoms with van der Waals surface area (Å²) in [6, 6.07) is 38.7. The summed E-state index contributed by atoms with van der Waals surface area (Å²) in [5.41, 5.74) is 5.84. The predicted octanol–water partition coefficient (Wildman–Crippen LogP) is 5.62. The number of rotatable bonds is 10. The number of fused-ring (bicyclic) bond motifs is 2. The molecule has 0 amide bonds. The van der Waals surface area contributed by atoms with Crippen LogP contribution in [0.1, 0.15) is 21.5 Å². The number of carboxylic acid groups (broad SMARTS) is 1. The highest BCUT2D eigenvalue weighted by Gasteiger charge is 2.23. The van der Waals surface area contributed by atoms with Crippen molar-refractivity contribution < 1.29 is 29.1 Å². The first kappa shape index (κ1) is 29.7. The molecular formula is C38H34N2O5+2. The van der Waals surface area contributed by atoms with Crippen molar-refractivity contribution in [3.63, 3.8) is 0 Å². The molecule has 45 heavy (non-hydrogen) atoms. The Morgan fingerprint density at radius 1 is 0.733 bits per heavy atom. The van der Waals surface area contributed by atoms with Crippen LogP contribution < -0.4 is 9.93 Å². The number of carbonyl (C=O) groups is 1. The second-order valence-corrected chi connectivity index (χ2v) is 10.8. The molecule has 7 nitrogen and oxygen atoms in total. The van der Waals surface area contributed by atoms with E-state index in [2.05, 4.69) is 16.7 Å². The van der Waals surface area contributed by atoms with E-state index in [-0.39, 0.29) is 18.8 Å². The lowest BCUT2D eigenvalue weighted by atomic mass is 9.90. The SMILES string of the molecule is O=C(O)c1ccccc1-c1c2ccc(=[N+](CCO)Cc3ccccc3)cc-2oc2cc([N+](=Cc3ccccc3)CCO)ccc12.